The van der Waals surface area contributed by atoms with E-state index >= 15 is 0 Å². The van der Waals surface area contributed by atoms with Gasteiger partial charge in [-0.05, 0) is 43.4 Å². The Labute approximate surface area is 141 Å². The van der Waals surface area contributed by atoms with E-state index in [1.165, 1.54) is 18.6 Å². The number of carbonyl (C=O) groups is 1. The van der Waals surface area contributed by atoms with E-state index in [9.17, 15) is 4.79 Å². The first-order valence-electron chi connectivity index (χ1n) is 7.87. The van der Waals surface area contributed by atoms with Gasteiger partial charge in [-0.15, -0.1) is 0 Å². The van der Waals surface area contributed by atoms with Crippen LogP contribution in [0.5, 0.6) is 5.75 Å². The highest BCUT2D eigenvalue weighted by Crippen LogP contribution is 2.39. The van der Waals surface area contributed by atoms with Gasteiger partial charge in [-0.25, -0.2) is 0 Å². The van der Waals surface area contributed by atoms with Crippen LogP contribution >= 0.6 is 21.6 Å². The molecule has 1 heterocycles. The molecule has 3 nitrogen and oxygen atoms in total. The average molecular weight is 340 g/mol. The number of carbonyl (C=O) groups excluding carboxylic acids is 1. The van der Waals surface area contributed by atoms with Gasteiger partial charge >= 0.3 is 0 Å². The van der Waals surface area contributed by atoms with Crippen molar-refractivity contribution < 1.29 is 9.53 Å². The zero-order valence-electron chi connectivity index (χ0n) is 13.4. The molecule has 1 amide bonds. The van der Waals surface area contributed by atoms with Crippen LogP contribution in [0.3, 0.4) is 0 Å². The third-order valence-corrected chi connectivity index (χ3v) is 6.86. The molecule has 22 heavy (non-hydrogen) atoms. The van der Waals surface area contributed by atoms with Gasteiger partial charge in [0.1, 0.15) is 5.75 Å². The van der Waals surface area contributed by atoms with Crippen LogP contribution in [0.15, 0.2) is 18.2 Å². The van der Waals surface area contributed by atoms with Crippen molar-refractivity contribution in [3.8, 4) is 5.75 Å². The van der Waals surface area contributed by atoms with Crippen LogP contribution in [0.25, 0.3) is 0 Å². The lowest BCUT2D eigenvalue weighted by molar-refractivity contribution is -0.121. The fraction of sp³-hybridized carbons (Fsp3) is 0.588. The van der Waals surface area contributed by atoms with Crippen molar-refractivity contribution in [1.82, 2.24) is 5.32 Å². The number of ether oxygens (including phenoxy) is 1. The van der Waals surface area contributed by atoms with Crippen molar-refractivity contribution in [2.24, 2.45) is 0 Å². The summed E-state index contributed by atoms with van der Waals surface area (Å²) in [6.07, 6.45) is 5.38. The first kappa shape index (κ1) is 17.5. The molecule has 0 spiro atoms. The SMILES string of the molecule is COc1ccc(CNC(=O)CCCCC2CCSS2)cc1C. The molecule has 1 aliphatic rings. The molecule has 1 unspecified atom stereocenters. The molecule has 122 valence electrons. The minimum absolute atomic E-state index is 0.155. The van der Waals surface area contributed by atoms with E-state index in [0.717, 1.165) is 35.0 Å². The zero-order chi connectivity index (χ0) is 15.8. The highest BCUT2D eigenvalue weighted by Gasteiger charge is 2.15. The molecular formula is C17H25NO2S2. The van der Waals surface area contributed by atoms with Crippen molar-refractivity contribution >= 4 is 27.5 Å². The first-order valence-corrected chi connectivity index (χ1v) is 10.3. The van der Waals surface area contributed by atoms with Crippen molar-refractivity contribution in [2.75, 3.05) is 12.9 Å². The van der Waals surface area contributed by atoms with Gasteiger partial charge in [0.2, 0.25) is 5.91 Å². The second kappa shape index (κ2) is 9.36. The second-order valence-corrected chi connectivity index (χ2v) is 8.44. The smallest absolute Gasteiger partial charge is 0.220 e. The van der Waals surface area contributed by atoms with Crippen LogP contribution in [-0.4, -0.2) is 24.0 Å². The van der Waals surface area contributed by atoms with Crippen LogP contribution in [0.4, 0.5) is 0 Å². The minimum Gasteiger partial charge on any atom is -0.496 e. The Balaban J connectivity index is 1.61. The van der Waals surface area contributed by atoms with Gasteiger partial charge in [0.05, 0.1) is 7.11 Å². The Morgan fingerprint density at radius 1 is 1.41 bits per heavy atom. The van der Waals surface area contributed by atoms with Gasteiger partial charge in [-0.3, -0.25) is 4.79 Å². The van der Waals surface area contributed by atoms with E-state index in [1.807, 2.05) is 40.6 Å². The predicted octanol–water partition coefficient (Wildman–Crippen LogP) is 4.33. The minimum atomic E-state index is 0.155. The normalized spacial score (nSPS) is 17.5. The summed E-state index contributed by atoms with van der Waals surface area (Å²) in [5.74, 6) is 2.33. The number of benzene rings is 1. The van der Waals surface area contributed by atoms with Gasteiger partial charge in [-0.2, -0.15) is 0 Å². The Bertz CT molecular complexity index is 488. The summed E-state index contributed by atoms with van der Waals surface area (Å²) < 4.78 is 5.24. The average Bonchev–Trinajstić information content (AvgIpc) is 3.03. The Kier molecular flexibility index (Phi) is 7.46. The van der Waals surface area contributed by atoms with Crippen LogP contribution in [-0.2, 0) is 11.3 Å². The lowest BCUT2D eigenvalue weighted by Gasteiger charge is -2.09. The van der Waals surface area contributed by atoms with Gasteiger partial charge in [0, 0.05) is 24.0 Å². The fourth-order valence-electron chi connectivity index (χ4n) is 2.56. The number of hydrogen-bond donors (Lipinski definition) is 1. The lowest BCUT2D eigenvalue weighted by atomic mass is 10.1. The van der Waals surface area contributed by atoms with Crippen molar-refractivity contribution in [2.45, 2.75) is 50.8 Å². The summed E-state index contributed by atoms with van der Waals surface area (Å²) in [6.45, 7) is 2.61. The Hall–Kier alpha value is -0.810. The third-order valence-electron chi connectivity index (χ3n) is 3.86. The Morgan fingerprint density at radius 3 is 2.95 bits per heavy atom. The topological polar surface area (TPSA) is 38.3 Å². The van der Waals surface area contributed by atoms with Gasteiger partial charge < -0.3 is 10.1 Å². The van der Waals surface area contributed by atoms with E-state index in [4.69, 9.17) is 4.74 Å². The van der Waals surface area contributed by atoms with Crippen LogP contribution < -0.4 is 10.1 Å². The molecule has 0 radical (unpaired) electrons. The van der Waals surface area contributed by atoms with Gasteiger partial charge in [0.25, 0.3) is 0 Å². The second-order valence-electron chi connectivity index (χ2n) is 5.66. The standard InChI is InChI=1S/C17H25NO2S2/c1-13-11-14(7-8-16(13)20-2)12-18-17(19)6-4-3-5-15-9-10-21-22-15/h7-8,11,15H,3-6,9-10,12H2,1-2H3,(H,18,19). The number of unbranched alkanes of at least 4 members (excludes halogenated alkanes) is 1. The molecule has 0 aromatic heterocycles. The molecule has 1 aromatic rings. The highest BCUT2D eigenvalue weighted by molar-refractivity contribution is 8.77. The molecule has 1 aliphatic heterocycles. The molecule has 0 aliphatic carbocycles. The van der Waals surface area contributed by atoms with E-state index in [0.29, 0.717) is 13.0 Å². The zero-order valence-corrected chi connectivity index (χ0v) is 15.0. The molecule has 0 bridgehead atoms. The van der Waals surface area contributed by atoms with E-state index in [2.05, 4.69) is 11.4 Å². The molecule has 1 saturated heterocycles. The number of rotatable bonds is 8. The molecule has 1 atom stereocenters. The maximum Gasteiger partial charge on any atom is 0.220 e. The van der Waals surface area contributed by atoms with Gasteiger partial charge in [0.15, 0.2) is 0 Å². The summed E-state index contributed by atoms with van der Waals surface area (Å²) in [5, 5.41) is 3.82. The van der Waals surface area contributed by atoms with Crippen molar-refractivity contribution in [3.05, 3.63) is 29.3 Å². The number of nitrogens with one attached hydrogen (secondary N) is 1. The quantitative estimate of drug-likeness (QED) is 0.565. The largest absolute Gasteiger partial charge is 0.496 e. The van der Waals surface area contributed by atoms with Crippen LogP contribution in [0.2, 0.25) is 0 Å². The molecule has 1 fully saturated rings. The summed E-state index contributed by atoms with van der Waals surface area (Å²) in [5.41, 5.74) is 2.22. The summed E-state index contributed by atoms with van der Waals surface area (Å²) in [7, 11) is 5.68. The van der Waals surface area contributed by atoms with Crippen molar-refractivity contribution in [1.29, 1.82) is 0 Å². The summed E-state index contributed by atoms with van der Waals surface area (Å²) in [4.78, 5) is 11.9. The molecule has 5 heteroatoms. The van der Waals surface area contributed by atoms with Crippen LogP contribution in [0.1, 0.15) is 43.2 Å². The molecule has 2 rings (SSSR count). The van der Waals surface area contributed by atoms with E-state index in [-0.39, 0.29) is 5.91 Å². The number of aryl methyl sites for hydroxylation is 1. The highest BCUT2D eigenvalue weighted by atomic mass is 33.1. The monoisotopic (exact) mass is 339 g/mol. The number of hydrogen-bond acceptors (Lipinski definition) is 4. The van der Waals surface area contributed by atoms with Crippen LogP contribution in [0, 0.1) is 6.92 Å². The Morgan fingerprint density at radius 2 is 2.27 bits per heavy atom. The maximum absolute atomic E-state index is 11.9. The molecule has 0 saturated carbocycles. The molecule has 1 aromatic carbocycles. The first-order chi connectivity index (χ1) is 10.7. The van der Waals surface area contributed by atoms with Gasteiger partial charge in [-0.1, -0.05) is 40.1 Å². The van der Waals surface area contributed by atoms with E-state index < -0.39 is 0 Å². The fourth-order valence-corrected chi connectivity index (χ4v) is 5.59. The van der Waals surface area contributed by atoms with Crippen molar-refractivity contribution in [3.63, 3.8) is 0 Å². The third kappa shape index (κ3) is 5.76. The number of methoxy groups -OCH3 is 1. The maximum atomic E-state index is 11.9. The van der Waals surface area contributed by atoms with E-state index in [1.54, 1.807) is 7.11 Å². The molecular weight excluding hydrogens is 314 g/mol. The number of amides is 1. The summed E-state index contributed by atoms with van der Waals surface area (Å²) in [6, 6.07) is 6.02. The summed E-state index contributed by atoms with van der Waals surface area (Å²) >= 11 is 0. The lowest BCUT2D eigenvalue weighted by Crippen LogP contribution is -2.22. The molecule has 1 N–H and O–H groups in total. The predicted molar refractivity (Wildman–Crippen MR) is 96.5 cm³/mol.